The number of nitrogens with one attached hydrogen (secondary N) is 1. The van der Waals surface area contributed by atoms with Crippen LogP contribution in [0.5, 0.6) is 11.5 Å². The van der Waals surface area contributed by atoms with Gasteiger partial charge in [0.25, 0.3) is 5.91 Å². The maximum Gasteiger partial charge on any atom is 0.268 e. The van der Waals surface area contributed by atoms with Crippen LogP contribution < -0.4 is 14.8 Å². The number of aromatic nitrogens is 1. The molecule has 7 heteroatoms. The third-order valence-electron chi connectivity index (χ3n) is 3.31. The van der Waals surface area contributed by atoms with Crippen molar-refractivity contribution in [3.05, 3.63) is 45.1 Å². The molecule has 1 aliphatic rings. The molecular weight excluding hydrogens is 372 g/mol. The quantitative estimate of drug-likeness (QED) is 0.883. The number of hydrogen-bond donors (Lipinski definition) is 1. The Bertz CT molecular complexity index is 730. The number of nitrogens with zero attached hydrogens (tertiary/aromatic N) is 1. The molecule has 0 atom stereocenters. The molecule has 2 aromatic rings. The molecule has 1 aliphatic heterocycles. The van der Waals surface area contributed by atoms with Gasteiger partial charge < -0.3 is 19.4 Å². The number of carbonyl (C=O) groups is 1. The first kappa shape index (κ1) is 15.2. The van der Waals surface area contributed by atoms with Crippen LogP contribution in [0.2, 0.25) is 5.02 Å². The topological polar surface area (TPSA) is 52.5 Å². The van der Waals surface area contributed by atoms with Crippen LogP contribution in [0.15, 0.2) is 28.9 Å². The van der Waals surface area contributed by atoms with Crippen molar-refractivity contribution in [1.29, 1.82) is 0 Å². The van der Waals surface area contributed by atoms with E-state index in [2.05, 4.69) is 21.2 Å². The zero-order chi connectivity index (χ0) is 15.7. The predicted molar refractivity (Wildman–Crippen MR) is 86.7 cm³/mol. The fraction of sp³-hybridized carbons (Fsp3) is 0.267. The van der Waals surface area contributed by atoms with Crippen molar-refractivity contribution in [1.82, 2.24) is 9.88 Å². The average molecular weight is 386 g/mol. The molecule has 1 amide bonds. The number of ether oxygens (including phenoxy) is 2. The van der Waals surface area contributed by atoms with Crippen molar-refractivity contribution < 1.29 is 14.3 Å². The summed E-state index contributed by atoms with van der Waals surface area (Å²) in [6.07, 6.45) is 1.83. The molecule has 0 bridgehead atoms. The summed E-state index contributed by atoms with van der Waals surface area (Å²) in [5, 5.41) is 3.36. The van der Waals surface area contributed by atoms with Crippen LogP contribution >= 0.6 is 27.5 Å². The highest BCUT2D eigenvalue weighted by molar-refractivity contribution is 9.10. The van der Waals surface area contributed by atoms with Gasteiger partial charge in [-0.05, 0) is 39.7 Å². The second-order valence-electron chi connectivity index (χ2n) is 4.94. The van der Waals surface area contributed by atoms with Crippen molar-refractivity contribution >= 4 is 33.4 Å². The Balaban J connectivity index is 1.73. The summed E-state index contributed by atoms with van der Waals surface area (Å²) in [5.74, 6) is 1.03. The second kappa shape index (κ2) is 6.22. The summed E-state index contributed by atoms with van der Waals surface area (Å²) >= 11 is 9.53. The molecule has 1 N–H and O–H groups in total. The maximum absolute atomic E-state index is 12.2. The van der Waals surface area contributed by atoms with Gasteiger partial charge in [-0.1, -0.05) is 11.6 Å². The van der Waals surface area contributed by atoms with Crippen LogP contribution in [0.25, 0.3) is 0 Å². The van der Waals surface area contributed by atoms with Gasteiger partial charge in [0, 0.05) is 24.3 Å². The minimum atomic E-state index is -0.154. The number of benzene rings is 1. The van der Waals surface area contributed by atoms with Gasteiger partial charge in [0.15, 0.2) is 11.5 Å². The van der Waals surface area contributed by atoms with E-state index in [0.717, 1.165) is 10.0 Å². The van der Waals surface area contributed by atoms with Crippen LogP contribution in [0, 0.1) is 0 Å². The number of aryl methyl sites for hydroxylation is 1. The van der Waals surface area contributed by atoms with E-state index in [1.165, 1.54) is 0 Å². The van der Waals surface area contributed by atoms with Gasteiger partial charge in [-0.3, -0.25) is 4.79 Å². The summed E-state index contributed by atoms with van der Waals surface area (Å²) in [7, 11) is 1.82. The number of carbonyl (C=O) groups excluding carboxylic acids is 1. The van der Waals surface area contributed by atoms with E-state index in [4.69, 9.17) is 21.1 Å². The molecule has 0 spiro atoms. The monoisotopic (exact) mass is 384 g/mol. The third kappa shape index (κ3) is 3.08. The lowest BCUT2D eigenvalue weighted by molar-refractivity contribution is 0.0942. The Labute approximate surface area is 141 Å². The molecule has 1 aromatic heterocycles. The standard InChI is InChI=1S/C15H14BrClN2O3/c1-19-8-10(16)6-12(19)15(20)18-7-9-4-11(17)14-13(5-9)21-2-3-22-14/h4-6,8H,2-3,7H2,1H3,(H,18,20). The van der Waals surface area contributed by atoms with Gasteiger partial charge in [-0.25, -0.2) is 0 Å². The number of amides is 1. The van der Waals surface area contributed by atoms with E-state index in [-0.39, 0.29) is 5.91 Å². The highest BCUT2D eigenvalue weighted by Crippen LogP contribution is 2.38. The lowest BCUT2D eigenvalue weighted by Crippen LogP contribution is -2.25. The van der Waals surface area contributed by atoms with Crippen LogP contribution in [0.1, 0.15) is 16.1 Å². The maximum atomic E-state index is 12.2. The summed E-state index contributed by atoms with van der Waals surface area (Å²) in [4.78, 5) is 12.2. The van der Waals surface area contributed by atoms with E-state index in [1.54, 1.807) is 16.7 Å². The van der Waals surface area contributed by atoms with Gasteiger partial charge >= 0.3 is 0 Å². The summed E-state index contributed by atoms with van der Waals surface area (Å²) in [6, 6.07) is 5.38. The van der Waals surface area contributed by atoms with Gasteiger partial charge in [-0.2, -0.15) is 0 Å². The number of fused-ring (bicyclic) bond motifs is 1. The SMILES string of the molecule is Cn1cc(Br)cc1C(=O)NCc1cc(Cl)c2c(c1)OCCO2. The van der Waals surface area contributed by atoms with Crippen LogP contribution in [0.3, 0.4) is 0 Å². The Morgan fingerprint density at radius 1 is 1.36 bits per heavy atom. The van der Waals surface area contributed by atoms with Crippen LogP contribution in [-0.4, -0.2) is 23.7 Å². The molecule has 0 unspecified atom stereocenters. The largest absolute Gasteiger partial charge is 0.486 e. The van der Waals surface area contributed by atoms with Gasteiger partial charge in [0.2, 0.25) is 0 Å². The van der Waals surface area contributed by atoms with Crippen molar-refractivity contribution in [3.63, 3.8) is 0 Å². The highest BCUT2D eigenvalue weighted by atomic mass is 79.9. The van der Waals surface area contributed by atoms with E-state index >= 15 is 0 Å². The lowest BCUT2D eigenvalue weighted by atomic mass is 10.2. The summed E-state index contributed by atoms with van der Waals surface area (Å²) in [5.41, 5.74) is 1.44. The van der Waals surface area contributed by atoms with Crippen molar-refractivity contribution in [3.8, 4) is 11.5 Å². The Hall–Kier alpha value is -1.66. The van der Waals surface area contributed by atoms with Crippen LogP contribution in [0.4, 0.5) is 0 Å². The fourth-order valence-corrected chi connectivity index (χ4v) is 3.10. The number of rotatable bonds is 3. The van der Waals surface area contributed by atoms with E-state index in [9.17, 15) is 4.79 Å². The molecule has 0 saturated heterocycles. The summed E-state index contributed by atoms with van der Waals surface area (Å²) in [6.45, 7) is 1.35. The molecule has 3 rings (SSSR count). The predicted octanol–water partition coefficient (Wildman–Crippen LogP) is 3.14. The molecule has 0 radical (unpaired) electrons. The minimum absolute atomic E-state index is 0.154. The van der Waals surface area contributed by atoms with Crippen molar-refractivity contribution in [2.75, 3.05) is 13.2 Å². The fourth-order valence-electron chi connectivity index (χ4n) is 2.29. The highest BCUT2D eigenvalue weighted by Gasteiger charge is 2.17. The van der Waals surface area contributed by atoms with Gasteiger partial charge in [0.05, 0.1) is 5.02 Å². The first-order valence-electron chi connectivity index (χ1n) is 6.72. The Kier molecular flexibility index (Phi) is 4.31. The second-order valence-corrected chi connectivity index (χ2v) is 6.26. The first-order valence-corrected chi connectivity index (χ1v) is 7.90. The number of hydrogen-bond acceptors (Lipinski definition) is 3. The molecule has 22 heavy (non-hydrogen) atoms. The van der Waals surface area contributed by atoms with Gasteiger partial charge in [0.1, 0.15) is 18.9 Å². The minimum Gasteiger partial charge on any atom is -0.486 e. The Morgan fingerprint density at radius 3 is 2.86 bits per heavy atom. The van der Waals surface area contributed by atoms with Crippen LogP contribution in [-0.2, 0) is 13.6 Å². The molecule has 5 nitrogen and oxygen atoms in total. The zero-order valence-corrected chi connectivity index (χ0v) is 14.2. The molecule has 0 fully saturated rings. The first-order chi connectivity index (χ1) is 10.5. The number of halogens is 2. The molecule has 116 valence electrons. The molecule has 0 saturated carbocycles. The molecule has 2 heterocycles. The lowest BCUT2D eigenvalue weighted by Gasteiger charge is -2.20. The van der Waals surface area contributed by atoms with Gasteiger partial charge in [-0.15, -0.1) is 0 Å². The normalized spacial score (nSPS) is 13.0. The third-order valence-corrected chi connectivity index (χ3v) is 4.03. The molecule has 1 aromatic carbocycles. The van der Waals surface area contributed by atoms with Crippen molar-refractivity contribution in [2.45, 2.75) is 6.54 Å². The Morgan fingerprint density at radius 2 is 2.14 bits per heavy atom. The average Bonchev–Trinajstić information content (AvgIpc) is 2.84. The van der Waals surface area contributed by atoms with E-state index < -0.39 is 0 Å². The molecule has 0 aliphatic carbocycles. The molecular formula is C15H14BrClN2O3. The summed E-state index contributed by atoms with van der Waals surface area (Å²) < 4.78 is 13.6. The van der Waals surface area contributed by atoms with Crippen molar-refractivity contribution in [2.24, 2.45) is 7.05 Å². The smallest absolute Gasteiger partial charge is 0.268 e. The van der Waals surface area contributed by atoms with E-state index in [1.807, 2.05) is 19.3 Å². The zero-order valence-electron chi connectivity index (χ0n) is 11.9. The van der Waals surface area contributed by atoms with E-state index in [0.29, 0.717) is 42.0 Å².